The van der Waals surface area contributed by atoms with Gasteiger partial charge in [-0.3, -0.25) is 9.59 Å². The molecule has 2 aromatic carbocycles. The van der Waals surface area contributed by atoms with Crippen molar-refractivity contribution in [1.29, 1.82) is 0 Å². The lowest BCUT2D eigenvalue weighted by Gasteiger charge is -2.31. The summed E-state index contributed by atoms with van der Waals surface area (Å²) in [6, 6.07) is 8.11. The van der Waals surface area contributed by atoms with Crippen molar-refractivity contribution in [2.45, 2.75) is 26.7 Å². The number of rotatable bonds is 4. The fraction of sp³-hybridized carbons (Fsp3) is 0.300. The largest absolute Gasteiger partial charge is 0.322 e. The minimum atomic E-state index is -0.908. The van der Waals surface area contributed by atoms with Crippen molar-refractivity contribution in [3.8, 4) is 0 Å². The number of nitrogens with zero attached hydrogens (tertiary/aromatic N) is 1. The minimum Gasteiger partial charge on any atom is -0.322 e. The topological polar surface area (TPSA) is 49.4 Å². The summed E-state index contributed by atoms with van der Waals surface area (Å²) in [5.74, 6) is -1.85. The highest BCUT2D eigenvalue weighted by Crippen LogP contribution is 2.31. The molecular formula is C20H20F2N2O2. The summed E-state index contributed by atoms with van der Waals surface area (Å²) < 4.78 is 26.7. The summed E-state index contributed by atoms with van der Waals surface area (Å²) in [6.07, 6.45) is 1.01. The molecule has 1 aliphatic heterocycles. The lowest BCUT2D eigenvalue weighted by Crippen LogP contribution is -2.37. The van der Waals surface area contributed by atoms with Gasteiger partial charge in [0.25, 0.3) is 5.91 Å². The summed E-state index contributed by atoms with van der Waals surface area (Å²) >= 11 is 0. The monoisotopic (exact) mass is 358 g/mol. The molecule has 4 nitrogen and oxygen atoms in total. The number of hydrogen-bond donors (Lipinski definition) is 1. The number of halogens is 2. The molecule has 136 valence electrons. The quantitative estimate of drug-likeness (QED) is 0.892. The number of carbonyl (C=O) groups is 2. The van der Waals surface area contributed by atoms with Crippen LogP contribution in [0, 0.1) is 17.6 Å². The molecule has 0 unspecified atom stereocenters. The maximum atomic E-state index is 13.7. The molecule has 2 aromatic rings. The Morgan fingerprint density at radius 3 is 2.62 bits per heavy atom. The Kier molecular flexibility index (Phi) is 5.02. The second-order valence-corrected chi connectivity index (χ2v) is 6.82. The molecule has 3 rings (SSSR count). The van der Waals surface area contributed by atoms with Crippen LogP contribution in [0.4, 0.5) is 20.2 Å². The Balaban J connectivity index is 1.83. The first-order valence-electron chi connectivity index (χ1n) is 8.55. The van der Waals surface area contributed by atoms with E-state index in [1.165, 1.54) is 0 Å². The van der Waals surface area contributed by atoms with Crippen LogP contribution in [-0.2, 0) is 11.2 Å². The van der Waals surface area contributed by atoms with Crippen molar-refractivity contribution in [1.82, 2.24) is 0 Å². The third-order valence-corrected chi connectivity index (χ3v) is 4.26. The second-order valence-electron chi connectivity index (χ2n) is 6.82. The zero-order chi connectivity index (χ0) is 18.8. The maximum absolute atomic E-state index is 13.7. The predicted octanol–water partition coefficient (Wildman–Crippen LogP) is 4.15. The molecule has 0 aromatic heterocycles. The van der Waals surface area contributed by atoms with Gasteiger partial charge < -0.3 is 10.2 Å². The van der Waals surface area contributed by atoms with Crippen molar-refractivity contribution in [2.24, 2.45) is 5.92 Å². The summed E-state index contributed by atoms with van der Waals surface area (Å²) in [5.41, 5.74) is 2.10. The van der Waals surface area contributed by atoms with Crippen molar-refractivity contribution < 1.29 is 18.4 Å². The van der Waals surface area contributed by atoms with Gasteiger partial charge in [-0.1, -0.05) is 13.8 Å². The van der Waals surface area contributed by atoms with Gasteiger partial charge in [-0.05, 0) is 48.2 Å². The van der Waals surface area contributed by atoms with Gasteiger partial charge in [0.2, 0.25) is 5.91 Å². The van der Waals surface area contributed by atoms with Gasteiger partial charge in [0.05, 0.1) is 5.56 Å². The zero-order valence-corrected chi connectivity index (χ0v) is 14.7. The van der Waals surface area contributed by atoms with Crippen LogP contribution in [-0.4, -0.2) is 18.4 Å². The van der Waals surface area contributed by atoms with Crippen LogP contribution in [0.2, 0.25) is 0 Å². The van der Waals surface area contributed by atoms with Crippen molar-refractivity contribution in [3.05, 3.63) is 59.2 Å². The minimum absolute atomic E-state index is 0.0939. The number of carbonyl (C=O) groups excluding carboxylic acids is 2. The van der Waals surface area contributed by atoms with Crippen LogP contribution < -0.4 is 10.2 Å². The number of amides is 2. The first kappa shape index (κ1) is 18.0. The molecule has 0 fully saturated rings. The van der Waals surface area contributed by atoms with Crippen molar-refractivity contribution in [2.75, 3.05) is 16.8 Å². The van der Waals surface area contributed by atoms with E-state index in [-0.39, 0.29) is 11.5 Å². The molecule has 1 aliphatic rings. The van der Waals surface area contributed by atoms with Crippen LogP contribution in [0.25, 0.3) is 0 Å². The normalized spacial score (nSPS) is 13.7. The molecule has 0 saturated heterocycles. The van der Waals surface area contributed by atoms with Crippen molar-refractivity contribution in [3.63, 3.8) is 0 Å². The Morgan fingerprint density at radius 2 is 1.92 bits per heavy atom. The number of anilines is 2. The zero-order valence-electron chi connectivity index (χ0n) is 14.7. The van der Waals surface area contributed by atoms with Crippen LogP contribution in [0.1, 0.15) is 36.2 Å². The molecule has 0 aliphatic carbocycles. The fourth-order valence-electron chi connectivity index (χ4n) is 3.08. The van der Waals surface area contributed by atoms with Gasteiger partial charge in [-0.15, -0.1) is 0 Å². The first-order valence-corrected chi connectivity index (χ1v) is 8.55. The molecule has 1 heterocycles. The number of nitrogens with one attached hydrogen (secondary N) is 1. The average Bonchev–Trinajstić information content (AvgIpc) is 2.57. The third-order valence-electron chi connectivity index (χ3n) is 4.26. The average molecular weight is 358 g/mol. The van der Waals surface area contributed by atoms with E-state index in [0.717, 1.165) is 23.4 Å². The van der Waals surface area contributed by atoms with E-state index in [2.05, 4.69) is 5.32 Å². The van der Waals surface area contributed by atoms with E-state index in [9.17, 15) is 18.4 Å². The fourth-order valence-corrected chi connectivity index (χ4v) is 3.08. The third kappa shape index (κ3) is 3.74. The number of aryl methyl sites for hydroxylation is 1. The van der Waals surface area contributed by atoms with Crippen molar-refractivity contribution >= 4 is 23.2 Å². The molecule has 1 N–H and O–H groups in total. The molecule has 0 radical (unpaired) electrons. The Labute approximate surface area is 150 Å². The summed E-state index contributed by atoms with van der Waals surface area (Å²) in [4.78, 5) is 26.2. The highest BCUT2D eigenvalue weighted by atomic mass is 19.1. The summed E-state index contributed by atoms with van der Waals surface area (Å²) in [6.45, 7) is 4.74. The summed E-state index contributed by atoms with van der Waals surface area (Å²) in [5, 5.41) is 2.63. The van der Waals surface area contributed by atoms with E-state index < -0.39 is 17.5 Å². The maximum Gasteiger partial charge on any atom is 0.258 e. The number of fused-ring (bicyclic) bond motifs is 1. The van der Waals surface area contributed by atoms with Gasteiger partial charge in [0.1, 0.15) is 11.6 Å². The molecule has 2 amide bonds. The molecule has 0 bridgehead atoms. The number of hydrogen-bond acceptors (Lipinski definition) is 2. The highest BCUT2D eigenvalue weighted by molar-refractivity contribution is 6.05. The second kappa shape index (κ2) is 7.23. The van der Waals surface area contributed by atoms with Crippen LogP contribution in [0.3, 0.4) is 0 Å². The first-order chi connectivity index (χ1) is 12.3. The molecular weight excluding hydrogens is 338 g/mol. The SMILES string of the molecule is CC(C)CN1C(=O)CCc2cc(NC(=O)c3ccc(F)cc3F)ccc21. The van der Waals surface area contributed by atoms with Crippen LogP contribution in [0.15, 0.2) is 36.4 Å². The van der Waals surface area contributed by atoms with E-state index in [1.807, 2.05) is 13.8 Å². The molecule has 0 spiro atoms. The van der Waals surface area contributed by atoms with Gasteiger partial charge in [0, 0.05) is 30.4 Å². The van der Waals surface area contributed by atoms with Gasteiger partial charge in [-0.25, -0.2) is 8.78 Å². The molecule has 6 heteroatoms. The van der Waals surface area contributed by atoms with E-state index in [0.29, 0.717) is 37.1 Å². The highest BCUT2D eigenvalue weighted by Gasteiger charge is 2.25. The molecule has 0 saturated carbocycles. The predicted molar refractivity (Wildman–Crippen MR) is 96.3 cm³/mol. The lowest BCUT2D eigenvalue weighted by atomic mass is 9.99. The van der Waals surface area contributed by atoms with Gasteiger partial charge in [-0.2, -0.15) is 0 Å². The smallest absolute Gasteiger partial charge is 0.258 e. The van der Waals surface area contributed by atoms with Gasteiger partial charge in [0.15, 0.2) is 0 Å². The van der Waals surface area contributed by atoms with E-state index in [1.54, 1.807) is 23.1 Å². The Bertz CT molecular complexity index is 865. The Morgan fingerprint density at radius 1 is 1.15 bits per heavy atom. The van der Waals surface area contributed by atoms with E-state index in [4.69, 9.17) is 0 Å². The Hall–Kier alpha value is -2.76. The van der Waals surface area contributed by atoms with Crippen LogP contribution in [0.5, 0.6) is 0 Å². The molecule has 0 atom stereocenters. The van der Waals surface area contributed by atoms with Crippen LogP contribution >= 0.6 is 0 Å². The summed E-state index contributed by atoms with van der Waals surface area (Å²) in [7, 11) is 0. The standard InChI is InChI=1S/C20H20F2N2O2/c1-12(2)11-24-18-7-5-15(9-13(18)3-8-19(24)25)23-20(26)16-6-4-14(21)10-17(16)22/h4-7,9-10,12H,3,8,11H2,1-2H3,(H,23,26). The number of benzene rings is 2. The lowest BCUT2D eigenvalue weighted by molar-refractivity contribution is -0.119. The molecule has 26 heavy (non-hydrogen) atoms. The van der Waals surface area contributed by atoms with E-state index >= 15 is 0 Å². The van der Waals surface area contributed by atoms with Gasteiger partial charge >= 0.3 is 0 Å².